The van der Waals surface area contributed by atoms with Gasteiger partial charge in [-0.2, -0.15) is 0 Å². The highest BCUT2D eigenvalue weighted by Gasteiger charge is 2.27. The van der Waals surface area contributed by atoms with Gasteiger partial charge in [0, 0.05) is 18.6 Å². The minimum Gasteiger partial charge on any atom is -0.362 e. The summed E-state index contributed by atoms with van der Waals surface area (Å²) in [5.41, 5.74) is 2.52. The Balaban J connectivity index is 0.00000162. The van der Waals surface area contributed by atoms with Crippen molar-refractivity contribution in [2.45, 2.75) is 18.9 Å². The standard InChI is InChI=1S/C24H24N6OS.2ClH/c31-23(30-24-28-19-5-1-2-6-20(19)32-24)18-4-3-11-27-22(18)29-21(16-7-12-25-13-8-16)17-9-14-26-15-10-17;;/h1-8,11-13,17,21,26H,9-10,14-15H2,(H,27,29)(H,28,30,31);2*1H. The number of benzene rings is 1. The lowest BCUT2D eigenvalue weighted by Gasteiger charge is -2.32. The van der Waals surface area contributed by atoms with Crippen molar-refractivity contribution in [2.75, 3.05) is 23.7 Å². The summed E-state index contributed by atoms with van der Waals surface area (Å²) in [4.78, 5) is 26.4. The highest BCUT2D eigenvalue weighted by atomic mass is 35.5. The van der Waals surface area contributed by atoms with Crippen molar-refractivity contribution in [3.63, 3.8) is 0 Å². The normalized spacial score (nSPS) is 14.5. The quantitative estimate of drug-likeness (QED) is 0.320. The number of hydrogen-bond acceptors (Lipinski definition) is 7. The molecule has 0 radical (unpaired) electrons. The first-order valence-electron chi connectivity index (χ1n) is 10.8. The van der Waals surface area contributed by atoms with E-state index >= 15 is 0 Å². The molecule has 4 heterocycles. The van der Waals surface area contributed by atoms with Crippen LogP contribution >= 0.6 is 36.2 Å². The topological polar surface area (TPSA) is 91.8 Å². The van der Waals surface area contributed by atoms with E-state index in [1.54, 1.807) is 18.3 Å². The molecular weight excluding hydrogens is 491 g/mol. The number of amides is 1. The zero-order chi connectivity index (χ0) is 21.8. The van der Waals surface area contributed by atoms with Crippen molar-refractivity contribution in [1.82, 2.24) is 20.3 Å². The predicted molar refractivity (Wildman–Crippen MR) is 143 cm³/mol. The molecule has 1 aromatic carbocycles. The first kappa shape index (κ1) is 25.8. The maximum Gasteiger partial charge on any atom is 0.261 e. The van der Waals surface area contributed by atoms with Gasteiger partial charge in [-0.1, -0.05) is 23.5 Å². The van der Waals surface area contributed by atoms with Gasteiger partial charge in [-0.05, 0) is 73.8 Å². The van der Waals surface area contributed by atoms with Gasteiger partial charge in [-0.15, -0.1) is 24.8 Å². The Morgan fingerprint density at radius 1 is 1.00 bits per heavy atom. The number of hydrogen-bond donors (Lipinski definition) is 3. The summed E-state index contributed by atoms with van der Waals surface area (Å²) < 4.78 is 1.04. The van der Waals surface area contributed by atoms with Crippen LogP contribution in [-0.4, -0.2) is 33.9 Å². The first-order chi connectivity index (χ1) is 15.8. The van der Waals surface area contributed by atoms with E-state index in [1.807, 2.05) is 48.8 Å². The van der Waals surface area contributed by atoms with Crippen molar-refractivity contribution in [2.24, 2.45) is 5.92 Å². The second-order valence-corrected chi connectivity index (χ2v) is 8.86. The number of para-hydroxylation sites is 1. The molecule has 1 amide bonds. The number of nitrogens with zero attached hydrogens (tertiary/aromatic N) is 3. The van der Waals surface area contributed by atoms with Crippen LogP contribution in [0, 0.1) is 5.92 Å². The van der Waals surface area contributed by atoms with E-state index in [4.69, 9.17) is 0 Å². The Kier molecular flexibility index (Phi) is 9.18. The van der Waals surface area contributed by atoms with Crippen LogP contribution in [0.15, 0.2) is 67.1 Å². The molecule has 178 valence electrons. The maximum absolute atomic E-state index is 13.2. The minimum absolute atomic E-state index is 0. The molecule has 34 heavy (non-hydrogen) atoms. The number of aromatic nitrogens is 3. The van der Waals surface area contributed by atoms with E-state index in [9.17, 15) is 4.79 Å². The number of fused-ring (bicyclic) bond motifs is 1. The van der Waals surface area contributed by atoms with Gasteiger partial charge in [0.1, 0.15) is 5.82 Å². The zero-order valence-electron chi connectivity index (χ0n) is 18.3. The van der Waals surface area contributed by atoms with E-state index in [1.165, 1.54) is 11.3 Å². The summed E-state index contributed by atoms with van der Waals surface area (Å²) >= 11 is 1.46. The Hall–Kier alpha value is -2.78. The molecule has 3 aromatic heterocycles. The van der Waals surface area contributed by atoms with E-state index in [2.05, 4.69) is 30.9 Å². The van der Waals surface area contributed by atoms with Crippen molar-refractivity contribution >= 4 is 63.2 Å². The van der Waals surface area contributed by atoms with Crippen LogP contribution in [0.25, 0.3) is 10.2 Å². The predicted octanol–water partition coefficient (Wildman–Crippen LogP) is 5.34. The Labute approximate surface area is 214 Å². The second-order valence-electron chi connectivity index (χ2n) is 7.83. The lowest BCUT2D eigenvalue weighted by molar-refractivity contribution is 0.102. The number of halogens is 2. The lowest BCUT2D eigenvalue weighted by atomic mass is 9.86. The van der Waals surface area contributed by atoms with Gasteiger partial charge in [0.2, 0.25) is 0 Å². The van der Waals surface area contributed by atoms with Gasteiger partial charge in [0.05, 0.1) is 21.8 Å². The van der Waals surface area contributed by atoms with Gasteiger partial charge in [0.15, 0.2) is 5.13 Å². The largest absolute Gasteiger partial charge is 0.362 e. The molecule has 1 aliphatic rings. The molecule has 1 aliphatic heterocycles. The molecule has 0 spiro atoms. The van der Waals surface area contributed by atoms with Crippen molar-refractivity contribution < 1.29 is 4.79 Å². The number of rotatable bonds is 6. The van der Waals surface area contributed by atoms with Crippen LogP contribution in [0.4, 0.5) is 10.9 Å². The fraction of sp³-hybridized carbons (Fsp3) is 0.250. The van der Waals surface area contributed by atoms with E-state index < -0.39 is 0 Å². The summed E-state index contributed by atoms with van der Waals surface area (Å²) in [5.74, 6) is 0.783. The molecule has 0 bridgehead atoms. The average molecular weight is 517 g/mol. The number of carbonyl (C=O) groups excluding carboxylic acids is 1. The molecule has 5 rings (SSSR count). The number of piperidine rings is 1. The van der Waals surface area contributed by atoms with E-state index in [0.717, 1.165) is 41.7 Å². The van der Waals surface area contributed by atoms with Crippen LogP contribution in [0.1, 0.15) is 34.8 Å². The van der Waals surface area contributed by atoms with Crippen LogP contribution < -0.4 is 16.0 Å². The van der Waals surface area contributed by atoms with Gasteiger partial charge in [-0.25, -0.2) is 9.97 Å². The molecule has 0 aliphatic carbocycles. The van der Waals surface area contributed by atoms with Gasteiger partial charge in [0.25, 0.3) is 5.91 Å². The number of thiazole rings is 1. The van der Waals surface area contributed by atoms with E-state index in [-0.39, 0.29) is 36.8 Å². The second kappa shape index (κ2) is 12.1. The molecule has 10 heteroatoms. The Morgan fingerprint density at radius 3 is 2.53 bits per heavy atom. The maximum atomic E-state index is 13.2. The fourth-order valence-corrected chi connectivity index (χ4v) is 5.02. The molecule has 4 aromatic rings. The minimum atomic E-state index is -0.224. The van der Waals surface area contributed by atoms with Crippen LogP contribution in [-0.2, 0) is 0 Å². The smallest absolute Gasteiger partial charge is 0.261 e. The summed E-state index contributed by atoms with van der Waals surface area (Å²) in [6, 6.07) is 15.5. The van der Waals surface area contributed by atoms with E-state index in [0.29, 0.717) is 22.4 Å². The van der Waals surface area contributed by atoms with Crippen LogP contribution in [0.3, 0.4) is 0 Å². The number of pyridine rings is 2. The molecule has 7 nitrogen and oxygen atoms in total. The molecule has 3 N–H and O–H groups in total. The van der Waals surface area contributed by atoms with Gasteiger partial charge < -0.3 is 10.6 Å². The summed E-state index contributed by atoms with van der Waals surface area (Å²) in [7, 11) is 0. The molecule has 1 unspecified atom stereocenters. The fourth-order valence-electron chi connectivity index (χ4n) is 4.16. The van der Waals surface area contributed by atoms with Crippen molar-refractivity contribution in [1.29, 1.82) is 0 Å². The van der Waals surface area contributed by atoms with Crippen LogP contribution in [0.2, 0.25) is 0 Å². The number of carbonyl (C=O) groups is 1. The summed E-state index contributed by atoms with van der Waals surface area (Å²) in [6.07, 6.45) is 7.44. The highest BCUT2D eigenvalue weighted by molar-refractivity contribution is 7.22. The van der Waals surface area contributed by atoms with Gasteiger partial charge >= 0.3 is 0 Å². The third-order valence-corrected chi connectivity index (χ3v) is 6.73. The summed E-state index contributed by atoms with van der Waals surface area (Å²) in [6.45, 7) is 1.97. The van der Waals surface area contributed by atoms with Crippen molar-refractivity contribution in [3.8, 4) is 0 Å². The SMILES string of the molecule is Cl.Cl.O=C(Nc1nc2ccccc2s1)c1cccnc1NC(c1ccncc1)C1CCNCC1. The molecule has 0 saturated carbocycles. The Morgan fingerprint density at radius 2 is 1.76 bits per heavy atom. The Bertz CT molecular complexity index is 1180. The first-order valence-corrected chi connectivity index (χ1v) is 11.6. The molecular formula is C24H26Cl2N6OS. The molecule has 1 fully saturated rings. The number of nitrogens with one attached hydrogen (secondary N) is 3. The van der Waals surface area contributed by atoms with Crippen LogP contribution in [0.5, 0.6) is 0 Å². The zero-order valence-corrected chi connectivity index (χ0v) is 20.8. The average Bonchev–Trinajstić information content (AvgIpc) is 3.26. The lowest BCUT2D eigenvalue weighted by Crippen LogP contribution is -2.34. The third kappa shape index (κ3) is 5.82. The summed E-state index contributed by atoms with van der Waals surface area (Å²) in [5, 5.41) is 10.5. The monoisotopic (exact) mass is 516 g/mol. The molecule has 1 atom stereocenters. The number of anilines is 2. The van der Waals surface area contributed by atoms with Crippen molar-refractivity contribution in [3.05, 3.63) is 78.2 Å². The molecule has 1 saturated heterocycles. The highest BCUT2D eigenvalue weighted by Crippen LogP contribution is 2.33. The van der Waals surface area contributed by atoms with Gasteiger partial charge in [-0.3, -0.25) is 15.1 Å². The third-order valence-electron chi connectivity index (χ3n) is 5.78.